The van der Waals surface area contributed by atoms with E-state index in [1.54, 1.807) is 11.8 Å². The molecule has 2 nitrogen and oxygen atoms in total. The van der Waals surface area contributed by atoms with E-state index in [4.69, 9.17) is 0 Å². The van der Waals surface area contributed by atoms with Crippen LogP contribution in [0.25, 0.3) is 0 Å². The molecule has 0 aromatic heterocycles. The van der Waals surface area contributed by atoms with Crippen LogP contribution in [0.3, 0.4) is 0 Å². The smallest absolute Gasteiger partial charge is 0.237 e. The van der Waals surface area contributed by atoms with Crippen LogP contribution in [0, 0.1) is 0 Å². The van der Waals surface area contributed by atoms with Gasteiger partial charge in [0.25, 0.3) is 0 Å². The summed E-state index contributed by atoms with van der Waals surface area (Å²) in [5.41, 5.74) is 0.855. The molecule has 0 aromatic rings. The van der Waals surface area contributed by atoms with Crippen molar-refractivity contribution in [1.29, 1.82) is 0 Å². The minimum absolute atomic E-state index is 0.0995. The Labute approximate surface area is 71.4 Å². The zero-order valence-corrected chi connectivity index (χ0v) is 7.70. The minimum Gasteiger partial charge on any atom is -0.329 e. The molecule has 0 bridgehead atoms. The molecule has 1 fully saturated rings. The maximum absolute atomic E-state index is 11.1. The molecule has 1 saturated heterocycles. The summed E-state index contributed by atoms with van der Waals surface area (Å²) in [6.07, 6.45) is 0.793. The Morgan fingerprint density at radius 2 is 2.36 bits per heavy atom. The summed E-state index contributed by atoms with van der Waals surface area (Å²) in [5.74, 6) is 0.119. The topological polar surface area (TPSA) is 29.1 Å². The molecule has 1 rings (SSSR count). The lowest BCUT2D eigenvalue weighted by atomic mass is 10.3. The molecule has 11 heavy (non-hydrogen) atoms. The molecule has 0 radical (unpaired) electrons. The number of thioether (sulfide) groups is 1. The number of hydrogen-bond acceptors (Lipinski definition) is 2. The van der Waals surface area contributed by atoms with Crippen LogP contribution in [0.2, 0.25) is 0 Å². The van der Waals surface area contributed by atoms with Gasteiger partial charge in [0.15, 0.2) is 0 Å². The van der Waals surface area contributed by atoms with Gasteiger partial charge in [0.2, 0.25) is 5.91 Å². The van der Waals surface area contributed by atoms with Crippen molar-refractivity contribution in [2.75, 3.05) is 0 Å². The van der Waals surface area contributed by atoms with Gasteiger partial charge in [0.05, 0.1) is 5.25 Å². The third kappa shape index (κ3) is 2.26. The van der Waals surface area contributed by atoms with Crippen molar-refractivity contribution in [2.24, 2.45) is 0 Å². The zero-order valence-electron chi connectivity index (χ0n) is 6.89. The maximum Gasteiger partial charge on any atom is 0.237 e. The number of allylic oxidation sites excluding steroid dienone is 1. The van der Waals surface area contributed by atoms with Gasteiger partial charge in [0, 0.05) is 12.1 Å². The van der Waals surface area contributed by atoms with Crippen LogP contribution in [-0.4, -0.2) is 16.4 Å². The van der Waals surface area contributed by atoms with Gasteiger partial charge >= 0.3 is 0 Å². The van der Waals surface area contributed by atoms with E-state index >= 15 is 0 Å². The lowest BCUT2D eigenvalue weighted by molar-refractivity contribution is -0.118. The van der Waals surface area contributed by atoms with Gasteiger partial charge in [0.1, 0.15) is 0 Å². The van der Waals surface area contributed by atoms with Crippen LogP contribution in [0.1, 0.15) is 20.3 Å². The number of amides is 1. The van der Waals surface area contributed by atoms with Crippen molar-refractivity contribution >= 4 is 17.7 Å². The molecular formula is C8H13NOS. The largest absolute Gasteiger partial charge is 0.329 e. The highest BCUT2D eigenvalue weighted by atomic mass is 32.2. The molecule has 0 saturated carbocycles. The predicted molar refractivity (Wildman–Crippen MR) is 48.4 cm³/mol. The van der Waals surface area contributed by atoms with Crippen LogP contribution < -0.4 is 5.32 Å². The fraction of sp³-hybridized carbons (Fsp3) is 0.625. The summed E-state index contributed by atoms with van der Waals surface area (Å²) in [6, 6.07) is 0. The number of nitrogens with one attached hydrogen (secondary N) is 1. The van der Waals surface area contributed by atoms with Gasteiger partial charge in [-0.25, -0.2) is 0 Å². The summed E-state index contributed by atoms with van der Waals surface area (Å²) in [7, 11) is 0. The molecule has 62 valence electrons. The summed E-state index contributed by atoms with van der Waals surface area (Å²) >= 11 is 1.70. The molecule has 1 heterocycles. The molecule has 3 heteroatoms. The Morgan fingerprint density at radius 1 is 1.73 bits per heavy atom. The standard InChI is InChI=1S/C8H13NOS/c1-5(2)11-7-4-6(3)9-8(7)10/h5,7H,3-4H2,1-2H3,(H,9,10). The van der Waals surface area contributed by atoms with Crippen molar-refractivity contribution in [3.63, 3.8) is 0 Å². The average Bonchev–Trinajstić information content (AvgIpc) is 2.09. The number of carbonyl (C=O) groups excluding carboxylic acids is 1. The first-order valence-electron chi connectivity index (χ1n) is 3.73. The summed E-state index contributed by atoms with van der Waals surface area (Å²) in [4.78, 5) is 11.1. The van der Waals surface area contributed by atoms with Gasteiger partial charge in [-0.3, -0.25) is 4.79 Å². The Bertz CT molecular complexity index is 189. The van der Waals surface area contributed by atoms with E-state index < -0.39 is 0 Å². The second-order valence-corrected chi connectivity index (χ2v) is 4.75. The second kappa shape index (κ2) is 3.30. The summed E-state index contributed by atoms with van der Waals surface area (Å²) in [5, 5.41) is 3.33. The summed E-state index contributed by atoms with van der Waals surface area (Å²) in [6.45, 7) is 7.91. The Balaban J connectivity index is 2.47. The van der Waals surface area contributed by atoms with E-state index in [9.17, 15) is 4.79 Å². The number of carbonyl (C=O) groups is 1. The fourth-order valence-electron chi connectivity index (χ4n) is 1.06. The van der Waals surface area contributed by atoms with Crippen LogP contribution in [0.5, 0.6) is 0 Å². The Morgan fingerprint density at radius 3 is 2.73 bits per heavy atom. The first kappa shape index (κ1) is 8.65. The molecule has 1 unspecified atom stereocenters. The van der Waals surface area contributed by atoms with E-state index in [1.807, 2.05) is 0 Å². The maximum atomic E-state index is 11.1. The van der Waals surface area contributed by atoms with Gasteiger partial charge in [-0.05, 0) is 5.25 Å². The van der Waals surface area contributed by atoms with E-state index in [0.717, 1.165) is 12.1 Å². The van der Waals surface area contributed by atoms with E-state index in [1.165, 1.54) is 0 Å². The Kier molecular flexibility index (Phi) is 2.60. The van der Waals surface area contributed by atoms with Crippen molar-refractivity contribution in [3.8, 4) is 0 Å². The third-order valence-electron chi connectivity index (χ3n) is 1.46. The quantitative estimate of drug-likeness (QED) is 0.682. The van der Waals surface area contributed by atoms with Gasteiger partial charge in [-0.1, -0.05) is 20.4 Å². The SMILES string of the molecule is C=C1CC(SC(C)C)C(=O)N1. The van der Waals surface area contributed by atoms with E-state index in [2.05, 4.69) is 25.7 Å². The molecule has 1 N–H and O–H groups in total. The fourth-order valence-corrected chi connectivity index (χ4v) is 2.20. The normalized spacial score (nSPS) is 24.5. The lowest BCUT2D eigenvalue weighted by Gasteiger charge is -2.08. The lowest BCUT2D eigenvalue weighted by Crippen LogP contribution is -2.21. The highest BCUT2D eigenvalue weighted by molar-refractivity contribution is 8.01. The molecular weight excluding hydrogens is 158 g/mol. The molecule has 0 aromatic carbocycles. The average molecular weight is 171 g/mol. The van der Waals surface area contributed by atoms with Gasteiger partial charge in [-0.2, -0.15) is 0 Å². The zero-order chi connectivity index (χ0) is 8.43. The highest BCUT2D eigenvalue weighted by Crippen LogP contribution is 2.26. The van der Waals surface area contributed by atoms with Gasteiger partial charge < -0.3 is 5.32 Å². The predicted octanol–water partition coefficient (Wildman–Crippen LogP) is 1.53. The van der Waals surface area contributed by atoms with Crippen LogP contribution in [0.15, 0.2) is 12.3 Å². The van der Waals surface area contributed by atoms with Gasteiger partial charge in [-0.15, -0.1) is 11.8 Å². The molecule has 1 aliphatic heterocycles. The summed E-state index contributed by atoms with van der Waals surface area (Å²) < 4.78 is 0. The monoisotopic (exact) mass is 171 g/mol. The minimum atomic E-state index is 0.0995. The first-order chi connectivity index (χ1) is 5.09. The van der Waals surface area contributed by atoms with Crippen molar-refractivity contribution in [1.82, 2.24) is 5.32 Å². The molecule has 1 aliphatic rings. The Hall–Kier alpha value is -0.440. The number of hydrogen-bond donors (Lipinski definition) is 1. The molecule has 1 atom stereocenters. The molecule has 0 spiro atoms. The van der Waals surface area contributed by atoms with Crippen LogP contribution in [-0.2, 0) is 4.79 Å². The highest BCUT2D eigenvalue weighted by Gasteiger charge is 2.27. The molecule has 1 amide bonds. The second-order valence-electron chi connectivity index (χ2n) is 2.97. The van der Waals surface area contributed by atoms with Crippen LogP contribution >= 0.6 is 11.8 Å². The van der Waals surface area contributed by atoms with Crippen molar-refractivity contribution < 1.29 is 4.79 Å². The van der Waals surface area contributed by atoms with Crippen molar-refractivity contribution in [2.45, 2.75) is 30.8 Å². The first-order valence-corrected chi connectivity index (χ1v) is 4.68. The van der Waals surface area contributed by atoms with E-state index in [0.29, 0.717) is 5.25 Å². The number of rotatable bonds is 2. The molecule has 0 aliphatic carbocycles. The third-order valence-corrected chi connectivity index (χ3v) is 2.71. The van der Waals surface area contributed by atoms with E-state index in [-0.39, 0.29) is 11.2 Å². The van der Waals surface area contributed by atoms with Crippen molar-refractivity contribution in [3.05, 3.63) is 12.3 Å². The van der Waals surface area contributed by atoms with Crippen LogP contribution in [0.4, 0.5) is 0 Å².